The van der Waals surface area contributed by atoms with E-state index < -0.39 is 10.0 Å². The number of methoxy groups -OCH3 is 1. The summed E-state index contributed by atoms with van der Waals surface area (Å²) in [6.07, 6.45) is 4.50. The number of nitrogens with one attached hydrogen (secondary N) is 1. The highest BCUT2D eigenvalue weighted by atomic mass is 35.5. The van der Waals surface area contributed by atoms with Crippen LogP contribution in [0.25, 0.3) is 0 Å². The summed E-state index contributed by atoms with van der Waals surface area (Å²) in [5, 5.41) is 0. The van der Waals surface area contributed by atoms with Crippen LogP contribution in [0.2, 0.25) is 0 Å². The lowest BCUT2D eigenvalue weighted by Gasteiger charge is -2.06. The Morgan fingerprint density at radius 3 is 2.44 bits per heavy atom. The fraction of sp³-hybridized carbons (Fsp3) is 1.00. The van der Waals surface area contributed by atoms with Gasteiger partial charge in [0.2, 0.25) is 10.0 Å². The molecule has 4 nitrogen and oxygen atoms in total. The SMILES string of the molecule is COCCCS(=O)(=O)NCCCCCCCl. The minimum absolute atomic E-state index is 0.141. The Kier molecular flexibility index (Phi) is 10.4. The van der Waals surface area contributed by atoms with E-state index in [-0.39, 0.29) is 5.75 Å². The number of ether oxygens (including phenoxy) is 1. The molecule has 0 rings (SSSR count). The highest BCUT2D eigenvalue weighted by molar-refractivity contribution is 7.89. The molecule has 0 amide bonds. The van der Waals surface area contributed by atoms with Crippen molar-refractivity contribution in [3.8, 4) is 0 Å². The lowest BCUT2D eigenvalue weighted by Crippen LogP contribution is -2.27. The van der Waals surface area contributed by atoms with Crippen molar-refractivity contribution in [3.63, 3.8) is 0 Å². The van der Waals surface area contributed by atoms with E-state index in [1.54, 1.807) is 7.11 Å². The molecule has 0 spiro atoms. The van der Waals surface area contributed by atoms with Gasteiger partial charge in [-0.25, -0.2) is 13.1 Å². The quantitative estimate of drug-likeness (QED) is 0.460. The van der Waals surface area contributed by atoms with Gasteiger partial charge in [-0.3, -0.25) is 0 Å². The standard InChI is InChI=1S/C10H22ClNO3S/c1-15-9-6-10-16(13,14)12-8-5-3-2-4-7-11/h12H,2-10H2,1H3. The molecule has 0 atom stereocenters. The maximum Gasteiger partial charge on any atom is 0.211 e. The number of hydrogen-bond acceptors (Lipinski definition) is 3. The van der Waals surface area contributed by atoms with Crippen molar-refractivity contribution < 1.29 is 13.2 Å². The van der Waals surface area contributed by atoms with Crippen LogP contribution in [0.1, 0.15) is 32.1 Å². The van der Waals surface area contributed by atoms with Crippen LogP contribution in [-0.2, 0) is 14.8 Å². The van der Waals surface area contributed by atoms with Crippen LogP contribution >= 0.6 is 11.6 Å². The van der Waals surface area contributed by atoms with Crippen molar-refractivity contribution in [2.24, 2.45) is 0 Å². The van der Waals surface area contributed by atoms with E-state index >= 15 is 0 Å². The summed E-state index contributed by atoms with van der Waals surface area (Å²) in [5.74, 6) is 0.825. The molecule has 0 aromatic heterocycles. The summed E-state index contributed by atoms with van der Waals surface area (Å²) < 4.78 is 30.2. The molecule has 0 aromatic carbocycles. The summed E-state index contributed by atoms with van der Waals surface area (Å²) >= 11 is 5.53. The van der Waals surface area contributed by atoms with Crippen LogP contribution in [0.5, 0.6) is 0 Å². The van der Waals surface area contributed by atoms with Crippen molar-refractivity contribution in [1.29, 1.82) is 0 Å². The highest BCUT2D eigenvalue weighted by Crippen LogP contribution is 2.00. The molecule has 1 N–H and O–H groups in total. The maximum absolute atomic E-state index is 11.4. The number of alkyl halides is 1. The summed E-state index contributed by atoms with van der Waals surface area (Å²) in [6.45, 7) is 1.01. The Labute approximate surface area is 104 Å². The van der Waals surface area contributed by atoms with Crippen molar-refractivity contribution in [2.75, 3.05) is 31.9 Å². The van der Waals surface area contributed by atoms with Gasteiger partial charge in [-0.05, 0) is 19.3 Å². The number of unbranched alkanes of at least 4 members (excludes halogenated alkanes) is 3. The Bertz CT molecular complexity index is 244. The number of halogens is 1. The lowest BCUT2D eigenvalue weighted by atomic mass is 10.2. The van der Waals surface area contributed by atoms with Gasteiger partial charge in [0.1, 0.15) is 0 Å². The van der Waals surface area contributed by atoms with E-state index in [1.807, 2.05) is 0 Å². The third kappa shape index (κ3) is 10.7. The van der Waals surface area contributed by atoms with E-state index in [4.69, 9.17) is 16.3 Å². The smallest absolute Gasteiger partial charge is 0.211 e. The average Bonchev–Trinajstić information content (AvgIpc) is 2.23. The maximum atomic E-state index is 11.4. The second kappa shape index (κ2) is 10.3. The zero-order valence-electron chi connectivity index (χ0n) is 9.87. The van der Waals surface area contributed by atoms with Crippen LogP contribution in [0, 0.1) is 0 Å². The van der Waals surface area contributed by atoms with E-state index in [0.29, 0.717) is 25.5 Å². The number of sulfonamides is 1. The van der Waals surface area contributed by atoms with Gasteiger partial charge in [-0.1, -0.05) is 12.8 Å². The molecular formula is C10H22ClNO3S. The van der Waals surface area contributed by atoms with Crippen molar-refractivity contribution in [2.45, 2.75) is 32.1 Å². The van der Waals surface area contributed by atoms with Crippen LogP contribution in [0.15, 0.2) is 0 Å². The molecule has 0 aromatic rings. The van der Waals surface area contributed by atoms with E-state index in [2.05, 4.69) is 4.72 Å². The molecule has 0 aliphatic carbocycles. The zero-order chi connectivity index (χ0) is 12.3. The minimum Gasteiger partial charge on any atom is -0.385 e. The molecule has 98 valence electrons. The molecule has 0 aliphatic heterocycles. The Morgan fingerprint density at radius 2 is 1.81 bits per heavy atom. The van der Waals surface area contributed by atoms with E-state index in [0.717, 1.165) is 25.7 Å². The van der Waals surface area contributed by atoms with Gasteiger partial charge in [0.15, 0.2) is 0 Å². The van der Waals surface area contributed by atoms with Gasteiger partial charge in [-0.2, -0.15) is 0 Å². The van der Waals surface area contributed by atoms with Gasteiger partial charge in [0.25, 0.3) is 0 Å². The molecule has 6 heteroatoms. The normalized spacial score (nSPS) is 11.9. The third-order valence-corrected chi connectivity index (χ3v) is 3.88. The first-order valence-corrected chi connectivity index (χ1v) is 7.83. The molecule has 0 heterocycles. The Morgan fingerprint density at radius 1 is 1.12 bits per heavy atom. The highest BCUT2D eigenvalue weighted by Gasteiger charge is 2.08. The van der Waals surface area contributed by atoms with E-state index in [9.17, 15) is 8.42 Å². The zero-order valence-corrected chi connectivity index (χ0v) is 11.4. The topological polar surface area (TPSA) is 55.4 Å². The van der Waals surface area contributed by atoms with Gasteiger partial charge < -0.3 is 4.74 Å². The molecule has 0 aliphatic rings. The summed E-state index contributed by atoms with van der Waals surface area (Å²) in [6, 6.07) is 0. The Balaban J connectivity index is 3.43. The minimum atomic E-state index is -3.10. The molecule has 0 saturated heterocycles. The average molecular weight is 272 g/mol. The second-order valence-electron chi connectivity index (χ2n) is 3.66. The first-order chi connectivity index (χ1) is 7.62. The third-order valence-electron chi connectivity index (χ3n) is 2.14. The molecule has 0 fully saturated rings. The predicted molar refractivity (Wildman–Crippen MR) is 67.5 cm³/mol. The van der Waals surface area contributed by atoms with Crippen LogP contribution < -0.4 is 4.72 Å². The van der Waals surface area contributed by atoms with Gasteiger partial charge in [-0.15, -0.1) is 11.6 Å². The number of hydrogen-bond donors (Lipinski definition) is 1. The van der Waals surface area contributed by atoms with E-state index in [1.165, 1.54) is 0 Å². The molecule has 16 heavy (non-hydrogen) atoms. The number of rotatable bonds is 11. The molecule has 0 radical (unpaired) electrons. The summed E-state index contributed by atoms with van der Waals surface area (Å²) in [4.78, 5) is 0. The largest absolute Gasteiger partial charge is 0.385 e. The lowest BCUT2D eigenvalue weighted by molar-refractivity contribution is 0.199. The van der Waals surface area contributed by atoms with Crippen molar-refractivity contribution in [1.82, 2.24) is 4.72 Å². The van der Waals surface area contributed by atoms with Crippen molar-refractivity contribution >= 4 is 21.6 Å². The second-order valence-corrected chi connectivity index (χ2v) is 5.97. The van der Waals surface area contributed by atoms with Gasteiger partial charge in [0.05, 0.1) is 5.75 Å². The summed E-state index contributed by atoms with van der Waals surface area (Å²) in [7, 11) is -1.54. The fourth-order valence-electron chi connectivity index (χ4n) is 1.27. The van der Waals surface area contributed by atoms with Crippen LogP contribution in [0.4, 0.5) is 0 Å². The van der Waals surface area contributed by atoms with Crippen LogP contribution in [-0.4, -0.2) is 40.3 Å². The fourth-order valence-corrected chi connectivity index (χ4v) is 2.55. The molecular weight excluding hydrogens is 250 g/mol. The molecule has 0 saturated carbocycles. The van der Waals surface area contributed by atoms with Gasteiger partial charge >= 0.3 is 0 Å². The Hall–Kier alpha value is 0.160. The first kappa shape index (κ1) is 16.2. The van der Waals surface area contributed by atoms with Gasteiger partial charge in [0, 0.05) is 26.1 Å². The molecule has 0 unspecified atom stereocenters. The summed E-state index contributed by atoms with van der Waals surface area (Å²) in [5.41, 5.74) is 0. The molecule has 0 bridgehead atoms. The first-order valence-electron chi connectivity index (χ1n) is 5.64. The predicted octanol–water partition coefficient (Wildman–Crippen LogP) is 1.74. The monoisotopic (exact) mass is 271 g/mol. The van der Waals surface area contributed by atoms with Crippen LogP contribution in [0.3, 0.4) is 0 Å². The van der Waals surface area contributed by atoms with Crippen molar-refractivity contribution in [3.05, 3.63) is 0 Å².